The summed E-state index contributed by atoms with van der Waals surface area (Å²) in [5.74, 6) is 0.483. The molecule has 0 bridgehead atoms. The summed E-state index contributed by atoms with van der Waals surface area (Å²) < 4.78 is 0. The second kappa shape index (κ2) is 6.21. The van der Waals surface area contributed by atoms with E-state index in [0.29, 0.717) is 5.92 Å². The Bertz CT molecular complexity index is 929. The van der Waals surface area contributed by atoms with Crippen LogP contribution in [0.15, 0.2) is 44.9 Å². The van der Waals surface area contributed by atoms with Crippen LogP contribution in [0.25, 0.3) is 6.08 Å². The third kappa shape index (κ3) is 2.47. The van der Waals surface area contributed by atoms with Gasteiger partial charge in [0.05, 0.1) is 0 Å². The van der Waals surface area contributed by atoms with Crippen LogP contribution in [0.2, 0.25) is 0 Å². The Morgan fingerprint density at radius 1 is 1.23 bits per heavy atom. The van der Waals surface area contributed by atoms with Crippen molar-refractivity contribution in [1.82, 2.24) is 10.2 Å². The molecule has 0 radical (unpaired) electrons. The molecule has 2 aliphatic rings. The van der Waals surface area contributed by atoms with Gasteiger partial charge in [-0.15, -0.1) is 0 Å². The Hall–Kier alpha value is -2.18. The second-order valence-electron chi connectivity index (χ2n) is 6.90. The molecule has 0 spiro atoms. The highest BCUT2D eigenvalue weighted by Crippen LogP contribution is 2.44. The summed E-state index contributed by atoms with van der Waals surface area (Å²) in [6.07, 6.45) is 7.78. The standard InChI is InChI=1S/C20H19N3OS2/c1-24-23-18(13-2-3-13)19-16-4-7-20(10-17(16)21-22-19,14-5-8-25-11-14)15-6-9-26-12-15/h4-9,11-13H,2-3,10H2,1H3,(H,21,22). The van der Waals surface area contributed by atoms with Crippen LogP contribution < -0.4 is 0 Å². The van der Waals surface area contributed by atoms with Gasteiger partial charge in [0.2, 0.25) is 0 Å². The number of fused-ring (bicyclic) bond motifs is 1. The Morgan fingerprint density at radius 3 is 2.54 bits per heavy atom. The molecule has 1 fully saturated rings. The molecule has 26 heavy (non-hydrogen) atoms. The van der Waals surface area contributed by atoms with Crippen LogP contribution in [0, 0.1) is 5.92 Å². The van der Waals surface area contributed by atoms with Crippen molar-refractivity contribution in [3.8, 4) is 0 Å². The van der Waals surface area contributed by atoms with Gasteiger partial charge in [-0.05, 0) is 57.6 Å². The highest BCUT2D eigenvalue weighted by Gasteiger charge is 2.39. The van der Waals surface area contributed by atoms with E-state index in [1.54, 1.807) is 29.8 Å². The zero-order chi connectivity index (χ0) is 17.6. The molecule has 5 rings (SSSR count). The van der Waals surface area contributed by atoms with Gasteiger partial charge in [0.15, 0.2) is 0 Å². The maximum Gasteiger partial charge on any atom is 0.117 e. The predicted molar refractivity (Wildman–Crippen MR) is 107 cm³/mol. The van der Waals surface area contributed by atoms with Gasteiger partial charge in [-0.25, -0.2) is 0 Å². The van der Waals surface area contributed by atoms with E-state index in [-0.39, 0.29) is 5.41 Å². The number of rotatable bonds is 5. The van der Waals surface area contributed by atoms with Crippen LogP contribution in [0.4, 0.5) is 0 Å². The van der Waals surface area contributed by atoms with Crippen molar-refractivity contribution in [3.05, 3.63) is 67.8 Å². The van der Waals surface area contributed by atoms with Gasteiger partial charge in [-0.3, -0.25) is 5.10 Å². The Kier molecular flexibility index (Phi) is 3.83. The third-order valence-electron chi connectivity index (χ3n) is 5.34. The van der Waals surface area contributed by atoms with Crippen LogP contribution in [-0.4, -0.2) is 23.0 Å². The molecule has 0 saturated heterocycles. The number of hydrogen-bond acceptors (Lipinski definition) is 5. The smallest absolute Gasteiger partial charge is 0.117 e. The van der Waals surface area contributed by atoms with E-state index >= 15 is 0 Å². The van der Waals surface area contributed by atoms with E-state index in [2.05, 4.69) is 61.2 Å². The molecule has 6 heteroatoms. The Balaban J connectivity index is 1.60. The Morgan fingerprint density at radius 2 is 1.96 bits per heavy atom. The van der Waals surface area contributed by atoms with E-state index in [0.717, 1.165) is 23.4 Å². The summed E-state index contributed by atoms with van der Waals surface area (Å²) >= 11 is 3.49. The van der Waals surface area contributed by atoms with Crippen molar-refractivity contribution in [2.45, 2.75) is 24.7 Å². The minimum atomic E-state index is -0.130. The molecule has 0 unspecified atom stereocenters. The van der Waals surface area contributed by atoms with Crippen molar-refractivity contribution in [2.75, 3.05) is 7.11 Å². The van der Waals surface area contributed by atoms with E-state index in [4.69, 9.17) is 4.84 Å². The summed E-state index contributed by atoms with van der Waals surface area (Å²) in [4.78, 5) is 5.09. The third-order valence-corrected chi connectivity index (χ3v) is 6.71. The molecule has 4 nitrogen and oxygen atoms in total. The molecule has 2 aliphatic carbocycles. The van der Waals surface area contributed by atoms with Crippen LogP contribution in [-0.2, 0) is 16.7 Å². The SMILES string of the molecule is CON=C(c1n[nH]c2c1C=CC(c1ccsc1)(c1ccsc1)C2)C1CC1. The van der Waals surface area contributed by atoms with Crippen molar-refractivity contribution in [2.24, 2.45) is 11.1 Å². The van der Waals surface area contributed by atoms with E-state index in [1.165, 1.54) is 29.7 Å². The summed E-state index contributed by atoms with van der Waals surface area (Å²) in [6, 6.07) is 4.47. The number of allylic oxidation sites excluding steroid dienone is 1. The fraction of sp³-hybridized carbons (Fsp3) is 0.300. The fourth-order valence-corrected chi connectivity index (χ4v) is 5.30. The van der Waals surface area contributed by atoms with Crippen molar-refractivity contribution in [3.63, 3.8) is 0 Å². The lowest BCUT2D eigenvalue weighted by molar-refractivity contribution is 0.212. The number of aromatic amines is 1. The van der Waals surface area contributed by atoms with Crippen LogP contribution >= 0.6 is 22.7 Å². The molecular formula is C20H19N3OS2. The van der Waals surface area contributed by atoms with Crippen LogP contribution in [0.5, 0.6) is 0 Å². The first-order valence-corrected chi connectivity index (χ1v) is 10.6. The maximum absolute atomic E-state index is 5.09. The maximum atomic E-state index is 5.09. The number of nitrogens with zero attached hydrogens (tertiary/aromatic N) is 2. The molecule has 132 valence electrons. The lowest BCUT2D eigenvalue weighted by atomic mass is 9.70. The van der Waals surface area contributed by atoms with E-state index in [1.807, 2.05) is 0 Å². The fourth-order valence-electron chi connectivity index (χ4n) is 3.83. The van der Waals surface area contributed by atoms with Crippen LogP contribution in [0.3, 0.4) is 0 Å². The van der Waals surface area contributed by atoms with E-state index in [9.17, 15) is 0 Å². The number of hydrogen-bond donors (Lipinski definition) is 1. The minimum absolute atomic E-state index is 0.130. The number of H-pyrrole nitrogens is 1. The molecule has 1 saturated carbocycles. The summed E-state index contributed by atoms with van der Waals surface area (Å²) in [5.41, 5.74) is 6.81. The highest BCUT2D eigenvalue weighted by atomic mass is 32.1. The van der Waals surface area contributed by atoms with Gasteiger partial charge in [0, 0.05) is 29.0 Å². The molecule has 3 aromatic rings. The second-order valence-corrected chi connectivity index (χ2v) is 8.46. The Labute approximate surface area is 160 Å². The van der Waals surface area contributed by atoms with Gasteiger partial charge < -0.3 is 4.84 Å². The molecule has 0 atom stereocenters. The quantitative estimate of drug-likeness (QED) is 0.507. The number of oxime groups is 1. The zero-order valence-electron chi connectivity index (χ0n) is 14.4. The molecular weight excluding hydrogens is 362 g/mol. The average Bonchev–Trinajstić information content (AvgIpc) is 3.12. The minimum Gasteiger partial charge on any atom is -0.399 e. The molecule has 0 amide bonds. The average molecular weight is 382 g/mol. The first-order chi connectivity index (χ1) is 12.8. The van der Waals surface area contributed by atoms with Crippen molar-refractivity contribution < 1.29 is 4.84 Å². The monoisotopic (exact) mass is 381 g/mol. The van der Waals surface area contributed by atoms with Gasteiger partial charge in [-0.2, -0.15) is 27.8 Å². The van der Waals surface area contributed by atoms with Gasteiger partial charge in [0.25, 0.3) is 0 Å². The van der Waals surface area contributed by atoms with Gasteiger partial charge in [0.1, 0.15) is 18.5 Å². The highest BCUT2D eigenvalue weighted by molar-refractivity contribution is 7.08. The largest absolute Gasteiger partial charge is 0.399 e. The predicted octanol–water partition coefficient (Wildman–Crippen LogP) is 4.85. The van der Waals surface area contributed by atoms with Gasteiger partial charge in [-0.1, -0.05) is 17.3 Å². The number of thiophene rings is 2. The van der Waals surface area contributed by atoms with Crippen LogP contribution in [0.1, 0.15) is 40.9 Å². The molecule has 0 aliphatic heterocycles. The van der Waals surface area contributed by atoms with E-state index < -0.39 is 0 Å². The number of aromatic nitrogens is 2. The molecule has 3 aromatic heterocycles. The van der Waals surface area contributed by atoms with Gasteiger partial charge >= 0.3 is 0 Å². The molecule has 3 heterocycles. The lowest BCUT2D eigenvalue weighted by Gasteiger charge is -2.32. The lowest BCUT2D eigenvalue weighted by Crippen LogP contribution is -2.29. The summed E-state index contributed by atoms with van der Waals surface area (Å²) in [5, 5.41) is 21.0. The first kappa shape index (κ1) is 16.0. The molecule has 0 aromatic carbocycles. The van der Waals surface area contributed by atoms with Crippen molar-refractivity contribution >= 4 is 34.5 Å². The molecule has 1 N–H and O–H groups in total. The summed E-state index contributed by atoms with van der Waals surface area (Å²) in [6.45, 7) is 0. The first-order valence-electron chi connectivity index (χ1n) is 8.75. The van der Waals surface area contributed by atoms with Crippen molar-refractivity contribution in [1.29, 1.82) is 0 Å². The number of nitrogens with one attached hydrogen (secondary N) is 1. The summed E-state index contributed by atoms with van der Waals surface area (Å²) in [7, 11) is 1.61. The normalized spacial score (nSPS) is 18.7. The zero-order valence-corrected chi connectivity index (χ0v) is 16.1. The topological polar surface area (TPSA) is 50.3 Å².